The molecule has 2 heterocycles. The highest BCUT2D eigenvalue weighted by atomic mass is 32.1. The third kappa shape index (κ3) is 2.39. The Labute approximate surface area is 116 Å². The number of rotatable bonds is 3. The molecular weight excluding hydrogens is 254 g/mol. The first-order valence-corrected chi connectivity index (χ1v) is 6.97. The summed E-state index contributed by atoms with van der Waals surface area (Å²) >= 11 is 1.81. The molecule has 0 amide bonds. The zero-order chi connectivity index (χ0) is 13.2. The van der Waals surface area contributed by atoms with Crippen LogP contribution in [-0.4, -0.2) is 4.98 Å². The van der Waals surface area contributed by atoms with Crippen molar-refractivity contribution < 1.29 is 0 Å². The van der Waals surface area contributed by atoms with Crippen LogP contribution in [0.3, 0.4) is 0 Å². The van der Waals surface area contributed by atoms with Crippen molar-refractivity contribution >= 4 is 33.5 Å². The molecule has 19 heavy (non-hydrogen) atoms. The number of nitrogen functional groups attached to an aromatic ring is 1. The Hall–Kier alpha value is -2.07. The van der Waals surface area contributed by atoms with Crippen molar-refractivity contribution in [2.75, 3.05) is 11.1 Å². The molecule has 0 unspecified atom stereocenters. The number of nitrogens with two attached hydrogens (primary N) is 1. The van der Waals surface area contributed by atoms with Crippen LogP contribution in [0.4, 0.5) is 11.4 Å². The monoisotopic (exact) mass is 269 g/mol. The summed E-state index contributed by atoms with van der Waals surface area (Å²) < 4.78 is 0. The summed E-state index contributed by atoms with van der Waals surface area (Å²) in [4.78, 5) is 6.84. The highest BCUT2D eigenvalue weighted by Gasteiger charge is 2.04. The molecule has 0 aliphatic heterocycles. The highest BCUT2D eigenvalue weighted by molar-refractivity contribution is 7.11. The molecule has 3 aromatic rings. The Morgan fingerprint density at radius 3 is 2.84 bits per heavy atom. The second kappa shape index (κ2) is 4.90. The van der Waals surface area contributed by atoms with Gasteiger partial charge >= 0.3 is 0 Å². The molecule has 3 rings (SSSR count). The normalized spacial score (nSPS) is 10.8. The number of nitrogens with zero attached hydrogens (tertiary/aromatic N) is 1. The van der Waals surface area contributed by atoms with Gasteiger partial charge in [0, 0.05) is 50.8 Å². The van der Waals surface area contributed by atoms with E-state index < -0.39 is 0 Å². The van der Waals surface area contributed by atoms with Crippen LogP contribution < -0.4 is 11.1 Å². The Morgan fingerprint density at radius 1 is 1.16 bits per heavy atom. The highest BCUT2D eigenvalue weighted by Crippen LogP contribution is 2.28. The number of pyridine rings is 1. The topological polar surface area (TPSA) is 50.9 Å². The van der Waals surface area contributed by atoms with Gasteiger partial charge < -0.3 is 11.1 Å². The van der Waals surface area contributed by atoms with Crippen molar-refractivity contribution in [2.24, 2.45) is 0 Å². The Kier molecular flexibility index (Phi) is 3.09. The molecular formula is C15H15N3S. The Morgan fingerprint density at radius 2 is 2.05 bits per heavy atom. The van der Waals surface area contributed by atoms with Gasteiger partial charge in [0.2, 0.25) is 0 Å². The number of benzene rings is 1. The zero-order valence-electron chi connectivity index (χ0n) is 10.7. The summed E-state index contributed by atoms with van der Waals surface area (Å²) in [6, 6.07) is 10.2. The molecule has 2 aromatic heterocycles. The van der Waals surface area contributed by atoms with Crippen LogP contribution in [0, 0.1) is 6.92 Å². The molecule has 3 N–H and O–H groups in total. The molecule has 0 radical (unpaired) electrons. The van der Waals surface area contributed by atoms with Crippen molar-refractivity contribution in [3.8, 4) is 0 Å². The van der Waals surface area contributed by atoms with E-state index in [4.69, 9.17) is 5.73 Å². The van der Waals surface area contributed by atoms with E-state index in [2.05, 4.69) is 29.4 Å². The van der Waals surface area contributed by atoms with E-state index in [-0.39, 0.29) is 0 Å². The van der Waals surface area contributed by atoms with Crippen LogP contribution in [0.5, 0.6) is 0 Å². The maximum atomic E-state index is 5.98. The molecule has 0 atom stereocenters. The summed E-state index contributed by atoms with van der Waals surface area (Å²) in [5, 5.41) is 5.57. The van der Waals surface area contributed by atoms with Crippen LogP contribution in [0.15, 0.2) is 42.7 Å². The average molecular weight is 269 g/mol. The van der Waals surface area contributed by atoms with Gasteiger partial charge in [-0.2, -0.15) is 0 Å². The lowest BCUT2D eigenvalue weighted by molar-refractivity contribution is 1.20. The van der Waals surface area contributed by atoms with E-state index in [0.717, 1.165) is 28.7 Å². The molecule has 3 nitrogen and oxygen atoms in total. The van der Waals surface area contributed by atoms with Gasteiger partial charge in [-0.15, -0.1) is 11.3 Å². The number of aryl methyl sites for hydroxylation is 1. The van der Waals surface area contributed by atoms with Crippen molar-refractivity contribution in [1.29, 1.82) is 0 Å². The summed E-state index contributed by atoms with van der Waals surface area (Å²) in [7, 11) is 0. The summed E-state index contributed by atoms with van der Waals surface area (Å²) in [5.74, 6) is 0. The number of nitrogens with one attached hydrogen (secondary N) is 1. The summed E-state index contributed by atoms with van der Waals surface area (Å²) in [6.07, 6.45) is 3.62. The van der Waals surface area contributed by atoms with E-state index in [1.54, 1.807) is 6.20 Å². The Balaban J connectivity index is 1.91. The van der Waals surface area contributed by atoms with Crippen molar-refractivity contribution in [2.45, 2.75) is 13.5 Å². The minimum Gasteiger partial charge on any atom is -0.398 e. The summed E-state index contributed by atoms with van der Waals surface area (Å²) in [5.41, 5.74) is 7.84. The number of anilines is 2. The van der Waals surface area contributed by atoms with E-state index in [1.807, 2.05) is 35.7 Å². The molecule has 0 aliphatic carbocycles. The molecule has 0 spiro atoms. The quantitative estimate of drug-likeness (QED) is 0.711. The number of hydrogen-bond donors (Lipinski definition) is 2. The first-order valence-electron chi connectivity index (χ1n) is 6.15. The third-order valence-electron chi connectivity index (χ3n) is 3.10. The fraction of sp³-hybridized carbons (Fsp3) is 0.133. The van der Waals surface area contributed by atoms with Gasteiger partial charge in [0.05, 0.1) is 0 Å². The standard InChI is InChI=1S/C15H15N3S/c1-10-2-3-11(19-10)8-18-15-5-4-14(16)12-6-7-17-9-13(12)15/h2-7,9,18H,8,16H2,1H3. The maximum Gasteiger partial charge on any atom is 0.0494 e. The van der Waals surface area contributed by atoms with E-state index in [9.17, 15) is 0 Å². The lowest BCUT2D eigenvalue weighted by Gasteiger charge is -2.10. The van der Waals surface area contributed by atoms with Crippen LogP contribution in [0.2, 0.25) is 0 Å². The van der Waals surface area contributed by atoms with Gasteiger partial charge in [0.25, 0.3) is 0 Å². The van der Waals surface area contributed by atoms with Crippen molar-refractivity contribution in [3.63, 3.8) is 0 Å². The number of hydrogen-bond acceptors (Lipinski definition) is 4. The van der Waals surface area contributed by atoms with Gasteiger partial charge in [-0.3, -0.25) is 4.98 Å². The molecule has 0 bridgehead atoms. The van der Waals surface area contributed by atoms with Gasteiger partial charge in [-0.1, -0.05) is 0 Å². The van der Waals surface area contributed by atoms with Crippen LogP contribution in [0.1, 0.15) is 9.75 Å². The minimum absolute atomic E-state index is 0.787. The first kappa shape index (κ1) is 12.0. The van der Waals surface area contributed by atoms with Crippen LogP contribution in [-0.2, 0) is 6.54 Å². The zero-order valence-corrected chi connectivity index (χ0v) is 11.5. The van der Waals surface area contributed by atoms with E-state index >= 15 is 0 Å². The lowest BCUT2D eigenvalue weighted by Crippen LogP contribution is -1.99. The lowest BCUT2D eigenvalue weighted by atomic mass is 10.1. The van der Waals surface area contributed by atoms with Gasteiger partial charge in [0.15, 0.2) is 0 Å². The second-order valence-corrected chi connectivity index (χ2v) is 5.86. The van der Waals surface area contributed by atoms with Crippen molar-refractivity contribution in [3.05, 3.63) is 52.5 Å². The van der Waals surface area contributed by atoms with Crippen LogP contribution in [0.25, 0.3) is 10.8 Å². The largest absolute Gasteiger partial charge is 0.398 e. The molecule has 0 saturated carbocycles. The molecule has 1 aromatic carbocycles. The third-order valence-corrected chi connectivity index (χ3v) is 4.10. The van der Waals surface area contributed by atoms with Gasteiger partial charge in [0.1, 0.15) is 0 Å². The fourth-order valence-corrected chi connectivity index (χ4v) is 2.96. The van der Waals surface area contributed by atoms with E-state index in [1.165, 1.54) is 9.75 Å². The molecule has 0 aliphatic rings. The average Bonchev–Trinajstić information content (AvgIpc) is 2.84. The second-order valence-electron chi connectivity index (χ2n) is 4.49. The molecule has 0 fully saturated rings. The van der Waals surface area contributed by atoms with Crippen molar-refractivity contribution in [1.82, 2.24) is 4.98 Å². The SMILES string of the molecule is Cc1ccc(CNc2ccc(N)c3ccncc23)s1. The van der Waals surface area contributed by atoms with Gasteiger partial charge in [-0.25, -0.2) is 0 Å². The predicted molar refractivity (Wildman–Crippen MR) is 82.5 cm³/mol. The number of aromatic nitrogens is 1. The molecule has 96 valence electrons. The predicted octanol–water partition coefficient (Wildman–Crippen LogP) is 3.80. The van der Waals surface area contributed by atoms with E-state index in [0.29, 0.717) is 0 Å². The number of fused-ring (bicyclic) bond motifs is 1. The Bertz CT molecular complexity index is 718. The summed E-state index contributed by atoms with van der Waals surface area (Å²) in [6.45, 7) is 2.95. The van der Waals surface area contributed by atoms with Gasteiger partial charge in [-0.05, 0) is 37.3 Å². The molecule has 4 heteroatoms. The smallest absolute Gasteiger partial charge is 0.0494 e. The first-order chi connectivity index (χ1) is 9.24. The minimum atomic E-state index is 0.787. The molecule has 0 saturated heterocycles. The maximum absolute atomic E-state index is 5.98. The van der Waals surface area contributed by atoms with Crippen LogP contribution >= 0.6 is 11.3 Å². The number of thiophene rings is 1. The fourth-order valence-electron chi connectivity index (χ4n) is 2.13.